The highest BCUT2D eigenvalue weighted by Crippen LogP contribution is 2.26. The third-order valence-electron chi connectivity index (χ3n) is 1.41. The molecule has 0 radical (unpaired) electrons. The van der Waals surface area contributed by atoms with Gasteiger partial charge in [-0.25, -0.2) is 16.8 Å². The molecule has 0 aliphatic rings. The van der Waals surface area contributed by atoms with Crippen LogP contribution in [0.3, 0.4) is 0 Å². The second-order valence-corrected chi connectivity index (χ2v) is 8.55. The topological polar surface area (TPSA) is 68.3 Å². The standard InChI is InChI=1S/C6H3BrCl2O4S2/c7-4-1-5(14(8,10)11)3-6(2-4)15(9,12)13/h1-3H. The minimum absolute atomic E-state index is 0.253. The lowest BCUT2D eigenvalue weighted by molar-refractivity contribution is 0.608. The van der Waals surface area contributed by atoms with Crippen LogP contribution in [0, 0.1) is 0 Å². The van der Waals surface area contributed by atoms with Gasteiger partial charge in [-0.2, -0.15) is 0 Å². The fraction of sp³-hybridized carbons (Fsp3) is 0. The maximum atomic E-state index is 11.0. The van der Waals surface area contributed by atoms with E-state index in [4.69, 9.17) is 21.4 Å². The fourth-order valence-corrected chi connectivity index (χ4v) is 3.29. The molecule has 0 aromatic heterocycles. The van der Waals surface area contributed by atoms with Crippen LogP contribution in [0.2, 0.25) is 0 Å². The number of benzene rings is 1. The Morgan fingerprint density at radius 2 is 1.20 bits per heavy atom. The number of hydrogen-bond acceptors (Lipinski definition) is 4. The first-order valence-electron chi connectivity index (χ1n) is 3.30. The third kappa shape index (κ3) is 3.60. The van der Waals surface area contributed by atoms with Crippen molar-refractivity contribution in [1.29, 1.82) is 0 Å². The summed E-state index contributed by atoms with van der Waals surface area (Å²) in [4.78, 5) is -0.671. The van der Waals surface area contributed by atoms with E-state index in [1.54, 1.807) is 0 Å². The molecule has 15 heavy (non-hydrogen) atoms. The summed E-state index contributed by atoms with van der Waals surface area (Å²) in [6.45, 7) is 0. The Balaban J connectivity index is 3.57. The van der Waals surface area contributed by atoms with Crippen LogP contribution in [0.5, 0.6) is 0 Å². The molecule has 0 aliphatic heterocycles. The van der Waals surface area contributed by atoms with E-state index in [0.29, 0.717) is 0 Å². The molecule has 0 spiro atoms. The van der Waals surface area contributed by atoms with Gasteiger partial charge in [-0.05, 0) is 18.2 Å². The smallest absolute Gasteiger partial charge is 0.207 e. The quantitative estimate of drug-likeness (QED) is 0.765. The van der Waals surface area contributed by atoms with E-state index in [1.165, 1.54) is 12.1 Å². The molecule has 9 heteroatoms. The summed E-state index contributed by atoms with van der Waals surface area (Å²) in [6, 6.07) is 3.23. The largest absolute Gasteiger partial charge is 0.261 e. The third-order valence-corrected chi connectivity index (χ3v) is 4.53. The molecule has 0 heterocycles. The van der Waals surface area contributed by atoms with Crippen molar-refractivity contribution in [2.24, 2.45) is 0 Å². The van der Waals surface area contributed by atoms with Crippen LogP contribution < -0.4 is 0 Å². The first-order valence-corrected chi connectivity index (χ1v) is 8.72. The van der Waals surface area contributed by atoms with Gasteiger partial charge in [0.25, 0.3) is 18.1 Å². The van der Waals surface area contributed by atoms with E-state index in [-0.39, 0.29) is 14.3 Å². The molecule has 0 amide bonds. The summed E-state index contributed by atoms with van der Waals surface area (Å²) < 4.78 is 44.1. The lowest BCUT2D eigenvalue weighted by Crippen LogP contribution is -1.96. The van der Waals surface area contributed by atoms with Crippen molar-refractivity contribution < 1.29 is 16.8 Å². The number of rotatable bonds is 2. The first kappa shape index (κ1) is 13.2. The Morgan fingerprint density at radius 3 is 1.47 bits per heavy atom. The van der Waals surface area contributed by atoms with Crippen molar-refractivity contribution >= 4 is 55.4 Å². The van der Waals surface area contributed by atoms with Crippen molar-refractivity contribution in [1.82, 2.24) is 0 Å². The highest BCUT2D eigenvalue weighted by Gasteiger charge is 2.17. The minimum atomic E-state index is -3.99. The normalized spacial score (nSPS) is 12.7. The predicted molar refractivity (Wildman–Crippen MR) is 60.2 cm³/mol. The lowest BCUT2D eigenvalue weighted by atomic mass is 10.4. The Bertz CT molecular complexity index is 543. The molecule has 0 saturated carbocycles. The highest BCUT2D eigenvalue weighted by molar-refractivity contribution is 9.10. The van der Waals surface area contributed by atoms with Crippen molar-refractivity contribution in [2.75, 3.05) is 0 Å². The van der Waals surface area contributed by atoms with Crippen molar-refractivity contribution in [2.45, 2.75) is 9.79 Å². The average molecular weight is 354 g/mol. The predicted octanol–water partition coefficient (Wildman–Crippen LogP) is 2.30. The zero-order valence-corrected chi connectivity index (χ0v) is 11.5. The zero-order valence-electron chi connectivity index (χ0n) is 6.82. The van der Waals surface area contributed by atoms with E-state index in [1.807, 2.05) is 0 Å². The average Bonchev–Trinajstić information content (AvgIpc) is 1.99. The van der Waals surface area contributed by atoms with Gasteiger partial charge in [0.2, 0.25) is 0 Å². The van der Waals surface area contributed by atoms with E-state index in [2.05, 4.69) is 15.9 Å². The molecule has 0 N–H and O–H groups in total. The molecule has 1 aromatic rings. The van der Waals surface area contributed by atoms with Gasteiger partial charge in [-0.1, -0.05) is 15.9 Å². The van der Waals surface area contributed by atoms with E-state index < -0.39 is 18.1 Å². The summed E-state index contributed by atoms with van der Waals surface area (Å²) in [5.41, 5.74) is 0. The second kappa shape index (κ2) is 4.21. The summed E-state index contributed by atoms with van der Waals surface area (Å²) in [6.07, 6.45) is 0. The van der Waals surface area contributed by atoms with Gasteiger partial charge in [0, 0.05) is 25.8 Å². The van der Waals surface area contributed by atoms with E-state index in [9.17, 15) is 16.8 Å². The van der Waals surface area contributed by atoms with Crippen molar-refractivity contribution in [3.8, 4) is 0 Å². The van der Waals surface area contributed by atoms with Crippen LogP contribution in [-0.2, 0) is 18.1 Å². The van der Waals surface area contributed by atoms with E-state index >= 15 is 0 Å². The fourth-order valence-electron chi connectivity index (χ4n) is 0.819. The minimum Gasteiger partial charge on any atom is -0.207 e. The molecule has 1 aromatic carbocycles. The number of hydrogen-bond donors (Lipinski definition) is 0. The molecule has 0 saturated heterocycles. The summed E-state index contributed by atoms with van der Waals surface area (Å²) >= 11 is 2.95. The van der Waals surface area contributed by atoms with Crippen molar-refractivity contribution in [3.05, 3.63) is 22.7 Å². The maximum Gasteiger partial charge on any atom is 0.261 e. The maximum absolute atomic E-state index is 11.0. The number of halogens is 3. The van der Waals surface area contributed by atoms with Crippen LogP contribution in [-0.4, -0.2) is 16.8 Å². The first-order chi connectivity index (χ1) is 6.60. The molecule has 4 nitrogen and oxygen atoms in total. The monoisotopic (exact) mass is 352 g/mol. The van der Waals surface area contributed by atoms with E-state index in [0.717, 1.165) is 6.07 Å². The molecule has 0 aliphatic carbocycles. The van der Waals surface area contributed by atoms with Gasteiger partial charge in [-0.3, -0.25) is 0 Å². The Morgan fingerprint density at radius 1 is 0.867 bits per heavy atom. The van der Waals surface area contributed by atoms with Crippen LogP contribution in [0.1, 0.15) is 0 Å². The van der Waals surface area contributed by atoms with Gasteiger partial charge >= 0.3 is 0 Å². The van der Waals surface area contributed by atoms with Crippen molar-refractivity contribution in [3.63, 3.8) is 0 Å². The Labute approximate surface area is 104 Å². The summed E-state index contributed by atoms with van der Waals surface area (Å²) in [5, 5.41) is 0. The zero-order chi connectivity index (χ0) is 11.9. The van der Waals surface area contributed by atoms with Gasteiger partial charge in [0.15, 0.2) is 0 Å². The van der Waals surface area contributed by atoms with Gasteiger partial charge in [-0.15, -0.1) is 0 Å². The van der Waals surface area contributed by atoms with Gasteiger partial charge < -0.3 is 0 Å². The molecule has 84 valence electrons. The van der Waals surface area contributed by atoms with Crippen LogP contribution in [0.4, 0.5) is 0 Å². The molecule has 0 atom stereocenters. The summed E-state index contributed by atoms with van der Waals surface area (Å²) in [7, 11) is 2.15. The molecule has 1 rings (SSSR count). The molecular formula is C6H3BrCl2O4S2. The van der Waals surface area contributed by atoms with Crippen LogP contribution in [0.25, 0.3) is 0 Å². The second-order valence-electron chi connectivity index (χ2n) is 2.50. The Hall–Kier alpha value is 0.180. The molecule has 0 unspecified atom stereocenters. The molecule has 0 fully saturated rings. The summed E-state index contributed by atoms with van der Waals surface area (Å²) in [5.74, 6) is 0. The molecule has 0 bridgehead atoms. The Kier molecular flexibility index (Phi) is 3.72. The SMILES string of the molecule is O=S(=O)(Cl)c1cc(Br)cc(S(=O)(=O)Cl)c1. The molecular weight excluding hydrogens is 351 g/mol. The van der Waals surface area contributed by atoms with Gasteiger partial charge in [0.05, 0.1) is 9.79 Å². The highest BCUT2D eigenvalue weighted by atomic mass is 79.9. The van der Waals surface area contributed by atoms with Crippen LogP contribution >= 0.6 is 37.3 Å². The lowest BCUT2D eigenvalue weighted by Gasteiger charge is -2.01. The van der Waals surface area contributed by atoms with Crippen LogP contribution in [0.15, 0.2) is 32.5 Å². The van der Waals surface area contributed by atoms with Gasteiger partial charge in [0.1, 0.15) is 0 Å².